The molecule has 0 saturated heterocycles. The molecular formula is C25H27NO4. The van der Waals surface area contributed by atoms with Crippen LogP contribution in [-0.2, 0) is 14.3 Å². The number of nitrogens with one attached hydrogen (secondary N) is 1. The van der Waals surface area contributed by atoms with E-state index in [1.807, 2.05) is 50.2 Å². The Kier molecular flexibility index (Phi) is 5.71. The smallest absolute Gasteiger partial charge is 0.310 e. The normalized spacial score (nSPS) is 24.5. The molecule has 0 unspecified atom stereocenters. The predicted molar refractivity (Wildman–Crippen MR) is 114 cm³/mol. The van der Waals surface area contributed by atoms with Crippen molar-refractivity contribution < 1.29 is 19.1 Å². The molecule has 2 aromatic carbocycles. The second-order valence-electron chi connectivity index (χ2n) is 8.59. The first-order valence-electron chi connectivity index (χ1n) is 10.6. The molecule has 2 fully saturated rings. The number of Topliss-reactive ketones (excluding diaryl/α,β-unsaturated/α-hetero) is 1. The van der Waals surface area contributed by atoms with Crippen LogP contribution >= 0.6 is 0 Å². The average molecular weight is 405 g/mol. The molecule has 0 spiro atoms. The summed E-state index contributed by atoms with van der Waals surface area (Å²) in [6.45, 7) is 3.57. The van der Waals surface area contributed by atoms with Gasteiger partial charge in [-0.15, -0.1) is 0 Å². The number of esters is 1. The Hall–Kier alpha value is -2.95. The second kappa shape index (κ2) is 8.42. The van der Waals surface area contributed by atoms with Gasteiger partial charge in [0.25, 0.3) is 5.91 Å². The van der Waals surface area contributed by atoms with Gasteiger partial charge in [-0.2, -0.15) is 0 Å². The minimum atomic E-state index is -0.453. The lowest BCUT2D eigenvalue weighted by atomic mass is 9.75. The molecule has 30 heavy (non-hydrogen) atoms. The van der Waals surface area contributed by atoms with E-state index in [9.17, 15) is 14.4 Å². The van der Waals surface area contributed by atoms with Crippen LogP contribution in [0.5, 0.6) is 0 Å². The highest BCUT2D eigenvalue weighted by Crippen LogP contribution is 2.53. The maximum absolute atomic E-state index is 13.1. The van der Waals surface area contributed by atoms with Crippen molar-refractivity contribution in [2.24, 2.45) is 23.7 Å². The summed E-state index contributed by atoms with van der Waals surface area (Å²) in [5.41, 5.74) is 3.41. The van der Waals surface area contributed by atoms with Gasteiger partial charge in [-0.25, -0.2) is 0 Å². The Morgan fingerprint density at radius 1 is 0.967 bits per heavy atom. The summed E-state index contributed by atoms with van der Waals surface area (Å²) in [6.07, 6.45) is 2.81. The molecule has 1 amide bonds. The minimum absolute atomic E-state index is 0.0180. The van der Waals surface area contributed by atoms with E-state index in [-0.39, 0.29) is 36.1 Å². The van der Waals surface area contributed by atoms with Crippen molar-refractivity contribution in [2.45, 2.75) is 33.1 Å². The number of fused-ring (bicyclic) bond motifs is 2. The van der Waals surface area contributed by atoms with Crippen LogP contribution in [0.3, 0.4) is 0 Å². The molecule has 5 nitrogen and oxygen atoms in total. The van der Waals surface area contributed by atoms with Gasteiger partial charge in [0, 0.05) is 17.2 Å². The number of hydrogen-bond acceptors (Lipinski definition) is 4. The van der Waals surface area contributed by atoms with Crippen LogP contribution in [0.15, 0.2) is 48.5 Å². The summed E-state index contributed by atoms with van der Waals surface area (Å²) >= 11 is 0. The van der Waals surface area contributed by atoms with Gasteiger partial charge in [-0.1, -0.05) is 48.0 Å². The molecule has 0 heterocycles. The molecule has 0 radical (unpaired) electrons. The van der Waals surface area contributed by atoms with Crippen molar-refractivity contribution >= 4 is 23.3 Å². The quantitative estimate of drug-likeness (QED) is 0.573. The lowest BCUT2D eigenvalue weighted by molar-refractivity contribution is -0.154. The summed E-state index contributed by atoms with van der Waals surface area (Å²) in [5, 5.41) is 2.79. The monoisotopic (exact) mass is 405 g/mol. The third-order valence-corrected chi connectivity index (χ3v) is 6.55. The number of benzene rings is 2. The fraction of sp³-hybridized carbons (Fsp3) is 0.400. The Labute approximate surface area is 176 Å². The van der Waals surface area contributed by atoms with Gasteiger partial charge in [0.2, 0.25) is 0 Å². The average Bonchev–Trinajstić information content (AvgIpc) is 3.36. The van der Waals surface area contributed by atoms with Crippen LogP contribution in [0.1, 0.15) is 40.7 Å². The first-order valence-corrected chi connectivity index (χ1v) is 10.6. The van der Waals surface area contributed by atoms with Crippen LogP contribution in [0, 0.1) is 37.5 Å². The Morgan fingerprint density at radius 2 is 1.67 bits per heavy atom. The van der Waals surface area contributed by atoms with E-state index in [2.05, 4.69) is 5.32 Å². The van der Waals surface area contributed by atoms with E-state index < -0.39 is 11.9 Å². The van der Waals surface area contributed by atoms with Crippen LogP contribution in [0.25, 0.3) is 0 Å². The summed E-state index contributed by atoms with van der Waals surface area (Å²) in [6, 6.07) is 14.9. The molecule has 4 atom stereocenters. The first-order chi connectivity index (χ1) is 14.4. The molecule has 1 N–H and O–H groups in total. The lowest BCUT2D eigenvalue weighted by Crippen LogP contribution is -2.37. The number of ether oxygens (including phenoxy) is 1. The Bertz CT molecular complexity index is 968. The number of carbonyl (C=O) groups is 3. The summed E-state index contributed by atoms with van der Waals surface area (Å²) in [5.74, 6) is -1.18. The highest BCUT2D eigenvalue weighted by Gasteiger charge is 2.54. The van der Waals surface area contributed by atoms with Gasteiger partial charge < -0.3 is 10.1 Å². The number of rotatable bonds is 6. The van der Waals surface area contributed by atoms with Crippen molar-refractivity contribution in [1.82, 2.24) is 0 Å². The van der Waals surface area contributed by atoms with Crippen LogP contribution in [-0.4, -0.2) is 24.3 Å². The fourth-order valence-corrected chi connectivity index (χ4v) is 5.18. The molecule has 5 heteroatoms. The molecule has 2 aliphatic carbocycles. The van der Waals surface area contributed by atoms with Crippen molar-refractivity contribution in [3.8, 4) is 0 Å². The van der Waals surface area contributed by atoms with Crippen molar-refractivity contribution in [3.05, 3.63) is 65.2 Å². The van der Waals surface area contributed by atoms with E-state index in [0.717, 1.165) is 30.4 Å². The topological polar surface area (TPSA) is 72.5 Å². The van der Waals surface area contributed by atoms with Gasteiger partial charge in [0.15, 0.2) is 12.4 Å². The van der Waals surface area contributed by atoms with Crippen LogP contribution in [0.2, 0.25) is 0 Å². The molecule has 2 saturated carbocycles. The van der Waals surface area contributed by atoms with Crippen molar-refractivity contribution in [3.63, 3.8) is 0 Å². The van der Waals surface area contributed by atoms with Gasteiger partial charge in [0.1, 0.15) is 0 Å². The molecule has 2 aliphatic rings. The first kappa shape index (κ1) is 20.3. The number of carbonyl (C=O) groups excluding carboxylic acids is 3. The largest absolute Gasteiger partial charge is 0.455 e. The van der Waals surface area contributed by atoms with Crippen LogP contribution in [0.4, 0.5) is 5.69 Å². The highest BCUT2D eigenvalue weighted by atomic mass is 16.5. The second-order valence-corrected chi connectivity index (χ2v) is 8.59. The number of amides is 1. The van der Waals surface area contributed by atoms with Gasteiger partial charge in [-0.3, -0.25) is 14.4 Å². The maximum atomic E-state index is 13.1. The molecule has 0 aromatic heterocycles. The van der Waals surface area contributed by atoms with E-state index in [1.54, 1.807) is 12.1 Å². The molecular weight excluding hydrogens is 378 g/mol. The van der Waals surface area contributed by atoms with E-state index in [0.29, 0.717) is 11.3 Å². The van der Waals surface area contributed by atoms with Gasteiger partial charge >= 0.3 is 5.97 Å². The summed E-state index contributed by atoms with van der Waals surface area (Å²) < 4.78 is 5.39. The molecule has 4 rings (SSSR count). The highest BCUT2D eigenvalue weighted by molar-refractivity contribution is 6.01. The number of anilines is 1. The molecule has 0 aliphatic heterocycles. The lowest BCUT2D eigenvalue weighted by Gasteiger charge is -2.28. The third-order valence-electron chi connectivity index (χ3n) is 6.55. The van der Waals surface area contributed by atoms with Crippen molar-refractivity contribution in [1.29, 1.82) is 0 Å². The zero-order valence-corrected chi connectivity index (χ0v) is 17.4. The van der Waals surface area contributed by atoms with Gasteiger partial charge in [0.05, 0.1) is 5.92 Å². The number of hydrogen-bond donors (Lipinski definition) is 1. The minimum Gasteiger partial charge on any atom is -0.455 e. The maximum Gasteiger partial charge on any atom is 0.310 e. The Balaban J connectivity index is 1.40. The number of ketones is 1. The van der Waals surface area contributed by atoms with Crippen LogP contribution < -0.4 is 5.32 Å². The SMILES string of the molecule is Cc1ccc(NC(=O)COC(=O)[C@H]2[C@H]3CC[C@@H](C3)[C@@H]2C(=O)c2ccccc2)c(C)c1. The zero-order valence-electron chi connectivity index (χ0n) is 17.4. The summed E-state index contributed by atoms with van der Waals surface area (Å²) in [7, 11) is 0. The molecule has 2 bridgehead atoms. The zero-order chi connectivity index (χ0) is 21.3. The van der Waals surface area contributed by atoms with E-state index >= 15 is 0 Å². The summed E-state index contributed by atoms with van der Waals surface area (Å²) in [4.78, 5) is 38.3. The van der Waals surface area contributed by atoms with E-state index in [4.69, 9.17) is 4.74 Å². The van der Waals surface area contributed by atoms with Gasteiger partial charge in [-0.05, 0) is 56.6 Å². The predicted octanol–water partition coefficient (Wildman–Crippen LogP) is 4.33. The molecule has 2 aromatic rings. The third kappa shape index (κ3) is 4.02. The molecule has 156 valence electrons. The standard InChI is InChI=1S/C25H27NO4/c1-15-8-11-20(16(2)12-15)26-21(27)14-30-25(29)23-19-10-9-18(13-19)22(23)24(28)17-6-4-3-5-7-17/h3-8,11-12,18-19,22-23H,9-10,13-14H2,1-2H3,(H,26,27)/t18-,19-,22-,23-/m0/s1. The van der Waals surface area contributed by atoms with Crippen molar-refractivity contribution in [2.75, 3.05) is 11.9 Å². The number of aryl methyl sites for hydroxylation is 2. The Morgan fingerprint density at radius 3 is 2.37 bits per heavy atom. The fourth-order valence-electron chi connectivity index (χ4n) is 5.18. The van der Waals surface area contributed by atoms with E-state index in [1.165, 1.54) is 0 Å².